The highest BCUT2D eigenvalue weighted by atomic mass is 32.2. The molecule has 1 atom stereocenters. The van der Waals surface area contributed by atoms with Gasteiger partial charge in [0.15, 0.2) is 0 Å². The molecule has 1 rings (SSSR count). The van der Waals surface area contributed by atoms with Gasteiger partial charge in [0, 0.05) is 24.6 Å². The molecule has 80 valence electrons. The Morgan fingerprint density at radius 1 is 1.71 bits per heavy atom. The Labute approximate surface area is 87.1 Å². The molecule has 6 heteroatoms. The average Bonchev–Trinajstić information content (AvgIpc) is 2.70. The van der Waals surface area contributed by atoms with E-state index in [1.54, 1.807) is 11.8 Å². The summed E-state index contributed by atoms with van der Waals surface area (Å²) < 4.78 is 0. The second-order valence-electron chi connectivity index (χ2n) is 3.19. The first-order valence-corrected chi connectivity index (χ1v) is 5.71. The van der Waals surface area contributed by atoms with Crippen molar-refractivity contribution < 1.29 is 10.0 Å². The fourth-order valence-corrected chi connectivity index (χ4v) is 2.47. The predicted molar refractivity (Wildman–Crippen MR) is 56.5 cm³/mol. The molecule has 0 aromatic heterocycles. The Bertz CT molecular complexity index is 227. The van der Waals surface area contributed by atoms with Gasteiger partial charge < -0.3 is 16.3 Å². The summed E-state index contributed by atoms with van der Waals surface area (Å²) in [6, 6.07) is 0. The van der Waals surface area contributed by atoms with Crippen LogP contribution < -0.4 is 11.1 Å². The first kappa shape index (κ1) is 11.2. The summed E-state index contributed by atoms with van der Waals surface area (Å²) in [6.07, 6.45) is 1.35. The van der Waals surface area contributed by atoms with Gasteiger partial charge in [-0.1, -0.05) is 5.16 Å². The number of nitrogens with one attached hydrogen (secondary N) is 1. The minimum Gasteiger partial charge on any atom is -0.409 e. The van der Waals surface area contributed by atoms with Crippen molar-refractivity contribution in [3.05, 3.63) is 0 Å². The minimum atomic E-state index is 0.0840. The predicted octanol–water partition coefficient (Wildman–Crippen LogP) is -0.00780. The van der Waals surface area contributed by atoms with Crippen molar-refractivity contribution in [1.82, 2.24) is 5.32 Å². The van der Waals surface area contributed by atoms with Crippen molar-refractivity contribution >= 4 is 23.5 Å². The lowest BCUT2D eigenvalue weighted by Crippen LogP contribution is -2.33. The summed E-state index contributed by atoms with van der Waals surface area (Å²) in [7, 11) is 0. The molecule has 1 aliphatic rings. The Hall–Kier alpha value is -0.910. The number of nitrogens with two attached hydrogens (primary N) is 1. The van der Waals surface area contributed by atoms with Crippen LogP contribution in [0.5, 0.6) is 0 Å². The summed E-state index contributed by atoms with van der Waals surface area (Å²) in [5.74, 6) is 2.35. The minimum absolute atomic E-state index is 0.0840. The van der Waals surface area contributed by atoms with Gasteiger partial charge in [-0.3, -0.25) is 4.79 Å². The number of amides is 1. The van der Waals surface area contributed by atoms with E-state index in [4.69, 9.17) is 10.9 Å². The van der Waals surface area contributed by atoms with Crippen LogP contribution in [0.1, 0.15) is 12.8 Å². The molecule has 0 aromatic rings. The van der Waals surface area contributed by atoms with Crippen LogP contribution in [-0.2, 0) is 4.79 Å². The Morgan fingerprint density at radius 2 is 2.50 bits per heavy atom. The third kappa shape index (κ3) is 3.45. The van der Waals surface area contributed by atoms with E-state index in [1.165, 1.54) is 0 Å². The molecule has 1 heterocycles. The zero-order chi connectivity index (χ0) is 10.4. The number of nitrogens with zero attached hydrogens (tertiary/aromatic N) is 1. The number of oxime groups is 1. The molecule has 1 unspecified atom stereocenters. The fraction of sp³-hybridized carbons (Fsp3) is 0.750. The van der Waals surface area contributed by atoms with Gasteiger partial charge in [0.25, 0.3) is 0 Å². The lowest BCUT2D eigenvalue weighted by Gasteiger charge is -2.08. The molecule has 1 aliphatic heterocycles. The Kier molecular flexibility index (Phi) is 4.58. The van der Waals surface area contributed by atoms with E-state index in [2.05, 4.69) is 10.5 Å². The van der Waals surface area contributed by atoms with E-state index in [-0.39, 0.29) is 17.7 Å². The average molecular weight is 217 g/mol. The highest BCUT2D eigenvalue weighted by Crippen LogP contribution is 2.23. The molecule has 0 spiro atoms. The van der Waals surface area contributed by atoms with E-state index in [0.29, 0.717) is 13.0 Å². The first-order valence-electron chi connectivity index (χ1n) is 4.56. The molecule has 14 heavy (non-hydrogen) atoms. The number of rotatable bonds is 4. The van der Waals surface area contributed by atoms with Crippen molar-refractivity contribution in [2.75, 3.05) is 18.1 Å². The molecular formula is C8H15N3O2S. The van der Waals surface area contributed by atoms with Crippen molar-refractivity contribution in [1.29, 1.82) is 0 Å². The van der Waals surface area contributed by atoms with E-state index in [9.17, 15) is 4.79 Å². The normalized spacial score (nSPS) is 22.3. The van der Waals surface area contributed by atoms with Crippen molar-refractivity contribution in [3.8, 4) is 0 Å². The second-order valence-corrected chi connectivity index (χ2v) is 4.34. The number of thioether (sulfide) groups is 1. The number of amidine groups is 1. The lowest BCUT2D eigenvalue weighted by atomic mass is 10.1. The summed E-state index contributed by atoms with van der Waals surface area (Å²) >= 11 is 1.81. The smallest absolute Gasteiger partial charge is 0.223 e. The van der Waals surface area contributed by atoms with Crippen LogP contribution in [0.4, 0.5) is 0 Å². The number of hydrogen-bond donors (Lipinski definition) is 3. The maximum absolute atomic E-state index is 11.4. The molecule has 1 saturated heterocycles. The monoisotopic (exact) mass is 217 g/mol. The van der Waals surface area contributed by atoms with Crippen molar-refractivity contribution in [2.24, 2.45) is 16.8 Å². The van der Waals surface area contributed by atoms with Gasteiger partial charge in [-0.2, -0.15) is 11.8 Å². The molecular weight excluding hydrogens is 202 g/mol. The van der Waals surface area contributed by atoms with Crippen molar-refractivity contribution in [3.63, 3.8) is 0 Å². The van der Waals surface area contributed by atoms with Gasteiger partial charge in [0.05, 0.1) is 0 Å². The summed E-state index contributed by atoms with van der Waals surface area (Å²) in [4.78, 5) is 11.4. The highest BCUT2D eigenvalue weighted by molar-refractivity contribution is 7.99. The summed E-state index contributed by atoms with van der Waals surface area (Å²) in [5, 5.41) is 13.8. The van der Waals surface area contributed by atoms with Crippen LogP contribution in [0.25, 0.3) is 0 Å². The quantitative estimate of drug-likeness (QED) is 0.267. The third-order valence-electron chi connectivity index (χ3n) is 2.11. The first-order chi connectivity index (χ1) is 6.74. The Balaban J connectivity index is 2.14. The van der Waals surface area contributed by atoms with Crippen LogP contribution in [0, 0.1) is 5.92 Å². The molecule has 0 aromatic carbocycles. The topological polar surface area (TPSA) is 87.7 Å². The van der Waals surface area contributed by atoms with Crippen molar-refractivity contribution in [2.45, 2.75) is 12.8 Å². The van der Waals surface area contributed by atoms with Gasteiger partial charge in [-0.15, -0.1) is 0 Å². The van der Waals surface area contributed by atoms with Crippen LogP contribution in [0.15, 0.2) is 5.16 Å². The van der Waals surface area contributed by atoms with Gasteiger partial charge >= 0.3 is 0 Å². The molecule has 0 saturated carbocycles. The molecule has 0 radical (unpaired) electrons. The van der Waals surface area contributed by atoms with Crippen LogP contribution in [0.2, 0.25) is 0 Å². The number of carbonyl (C=O) groups is 1. The largest absolute Gasteiger partial charge is 0.409 e. The SMILES string of the molecule is NC(CCNC(=O)C1CCSC1)=NO. The van der Waals surface area contributed by atoms with Crippen LogP contribution in [0.3, 0.4) is 0 Å². The zero-order valence-corrected chi connectivity index (χ0v) is 8.72. The maximum atomic E-state index is 11.4. The number of carbonyl (C=O) groups excluding carboxylic acids is 1. The fourth-order valence-electron chi connectivity index (χ4n) is 1.25. The highest BCUT2D eigenvalue weighted by Gasteiger charge is 2.22. The molecule has 0 aliphatic carbocycles. The molecule has 1 amide bonds. The third-order valence-corrected chi connectivity index (χ3v) is 3.27. The van der Waals surface area contributed by atoms with Crippen LogP contribution in [-0.4, -0.2) is 35.0 Å². The molecule has 4 N–H and O–H groups in total. The van der Waals surface area contributed by atoms with Gasteiger partial charge in [0.1, 0.15) is 5.84 Å². The zero-order valence-electron chi connectivity index (χ0n) is 7.90. The maximum Gasteiger partial charge on any atom is 0.223 e. The van der Waals surface area contributed by atoms with E-state index < -0.39 is 0 Å². The molecule has 1 fully saturated rings. The standard InChI is InChI=1S/C8H15N3O2S/c9-7(11-13)1-3-10-8(12)6-2-4-14-5-6/h6,13H,1-5H2,(H2,9,11)(H,10,12). The summed E-state index contributed by atoms with van der Waals surface area (Å²) in [6.45, 7) is 0.440. The lowest BCUT2D eigenvalue weighted by molar-refractivity contribution is -0.124. The second kappa shape index (κ2) is 5.74. The van der Waals surface area contributed by atoms with E-state index >= 15 is 0 Å². The molecule has 5 nitrogen and oxygen atoms in total. The van der Waals surface area contributed by atoms with E-state index in [0.717, 1.165) is 17.9 Å². The van der Waals surface area contributed by atoms with Gasteiger partial charge in [0.2, 0.25) is 5.91 Å². The Morgan fingerprint density at radius 3 is 3.07 bits per heavy atom. The summed E-state index contributed by atoms with van der Waals surface area (Å²) in [5.41, 5.74) is 5.26. The van der Waals surface area contributed by atoms with Crippen LogP contribution >= 0.6 is 11.8 Å². The van der Waals surface area contributed by atoms with Gasteiger partial charge in [-0.25, -0.2) is 0 Å². The number of hydrogen-bond acceptors (Lipinski definition) is 4. The van der Waals surface area contributed by atoms with E-state index in [1.807, 2.05) is 0 Å². The van der Waals surface area contributed by atoms with Gasteiger partial charge in [-0.05, 0) is 12.2 Å². The molecule has 0 bridgehead atoms.